The Morgan fingerprint density at radius 1 is 1.47 bits per heavy atom. The zero-order valence-electron chi connectivity index (χ0n) is 7.23. The fourth-order valence-electron chi connectivity index (χ4n) is 0.795. The van der Waals surface area contributed by atoms with Gasteiger partial charge in [0.15, 0.2) is 0 Å². The molecule has 1 aromatic heterocycles. The Labute approximate surface area is 82.3 Å². The minimum absolute atomic E-state index is 0.387. The van der Waals surface area contributed by atoms with Gasteiger partial charge >= 0.3 is 12.1 Å². The molecule has 15 heavy (non-hydrogen) atoms. The molecule has 0 spiro atoms. The van der Waals surface area contributed by atoms with E-state index in [-0.39, 0.29) is 5.88 Å². The molecule has 1 heterocycles. The molecule has 82 valence electrons. The van der Waals surface area contributed by atoms with Crippen LogP contribution in [0.1, 0.15) is 0 Å². The molecule has 0 radical (unpaired) electrons. The van der Waals surface area contributed by atoms with Gasteiger partial charge in [-0.2, -0.15) is 13.2 Å². The number of aromatic nitrogens is 1. The maximum atomic E-state index is 12.1. The molecule has 4 nitrogen and oxygen atoms in total. The van der Waals surface area contributed by atoms with Crippen LogP contribution in [0.2, 0.25) is 0 Å². The van der Waals surface area contributed by atoms with Crippen LogP contribution in [0.3, 0.4) is 0 Å². The Morgan fingerprint density at radius 3 is 2.53 bits per heavy atom. The topological polar surface area (TPSA) is 59.4 Å². The molecular weight excluding hydrogens is 215 g/mol. The number of carbonyl (C=O) groups is 1. The summed E-state index contributed by atoms with van der Waals surface area (Å²) in [5.74, 6) is -2.49. The highest BCUT2D eigenvalue weighted by atomic mass is 19.4. The van der Waals surface area contributed by atoms with Crippen molar-refractivity contribution in [3.63, 3.8) is 0 Å². The zero-order chi connectivity index (χ0) is 11.5. The summed E-state index contributed by atoms with van der Waals surface area (Å²) < 4.78 is 40.6. The molecule has 0 saturated carbocycles. The van der Waals surface area contributed by atoms with Crippen LogP contribution in [-0.2, 0) is 4.79 Å². The molecule has 0 aliphatic carbocycles. The highest BCUT2D eigenvalue weighted by Crippen LogP contribution is 2.24. The lowest BCUT2D eigenvalue weighted by molar-refractivity contribution is -0.208. The fourth-order valence-corrected chi connectivity index (χ4v) is 0.795. The second-order valence-electron chi connectivity index (χ2n) is 2.55. The van der Waals surface area contributed by atoms with Gasteiger partial charge < -0.3 is 9.84 Å². The van der Waals surface area contributed by atoms with Crippen LogP contribution in [0, 0.1) is 0 Å². The minimum atomic E-state index is -4.97. The van der Waals surface area contributed by atoms with Gasteiger partial charge in [0.1, 0.15) is 0 Å². The lowest BCUT2D eigenvalue weighted by atomic mass is 10.3. The van der Waals surface area contributed by atoms with E-state index in [4.69, 9.17) is 5.11 Å². The van der Waals surface area contributed by atoms with Crippen LogP contribution in [-0.4, -0.2) is 28.3 Å². The molecule has 0 aliphatic heterocycles. The van der Waals surface area contributed by atoms with E-state index >= 15 is 0 Å². The summed E-state index contributed by atoms with van der Waals surface area (Å²) in [7, 11) is 0. The third-order valence-electron chi connectivity index (χ3n) is 1.40. The number of carboxylic acids is 1. The molecular formula is C8H6F3NO3. The standard InChI is InChI=1S/C8H6F3NO3/c9-8(10,11)6(7(13)14)15-5-3-1-2-4-12-5/h1-4,6H,(H,13,14). The third-order valence-corrected chi connectivity index (χ3v) is 1.40. The molecule has 0 fully saturated rings. The zero-order valence-corrected chi connectivity index (χ0v) is 7.23. The van der Waals surface area contributed by atoms with E-state index in [0.717, 1.165) is 6.07 Å². The minimum Gasteiger partial charge on any atom is -0.478 e. The Hall–Kier alpha value is -1.79. The molecule has 1 atom stereocenters. The van der Waals surface area contributed by atoms with Crippen LogP contribution in [0.15, 0.2) is 24.4 Å². The summed E-state index contributed by atoms with van der Waals surface area (Å²) in [6.45, 7) is 0. The van der Waals surface area contributed by atoms with Crippen molar-refractivity contribution in [2.45, 2.75) is 12.3 Å². The highest BCUT2D eigenvalue weighted by molar-refractivity contribution is 5.73. The number of aliphatic carboxylic acids is 1. The Kier molecular flexibility index (Phi) is 3.13. The molecule has 0 aromatic carbocycles. The Morgan fingerprint density at radius 2 is 2.13 bits per heavy atom. The molecule has 1 rings (SSSR count). The average Bonchev–Trinajstić information content (AvgIpc) is 2.13. The average molecular weight is 221 g/mol. The summed E-state index contributed by atoms with van der Waals surface area (Å²) >= 11 is 0. The van der Waals surface area contributed by atoms with Crippen molar-refractivity contribution in [1.29, 1.82) is 0 Å². The van der Waals surface area contributed by atoms with Crippen molar-refractivity contribution < 1.29 is 27.8 Å². The Bertz CT molecular complexity index is 339. The predicted octanol–water partition coefficient (Wildman–Crippen LogP) is 1.48. The maximum absolute atomic E-state index is 12.1. The van der Waals surface area contributed by atoms with Crippen molar-refractivity contribution in [2.75, 3.05) is 0 Å². The van der Waals surface area contributed by atoms with Gasteiger partial charge in [-0.05, 0) is 6.07 Å². The second kappa shape index (κ2) is 4.16. The first-order valence-electron chi connectivity index (χ1n) is 3.78. The maximum Gasteiger partial charge on any atom is 0.436 e. The van der Waals surface area contributed by atoms with Gasteiger partial charge in [-0.3, -0.25) is 0 Å². The van der Waals surface area contributed by atoms with Crippen LogP contribution in [0.4, 0.5) is 13.2 Å². The number of ether oxygens (including phenoxy) is 1. The number of alkyl halides is 3. The number of carboxylic acid groups (broad SMARTS) is 1. The van der Waals surface area contributed by atoms with Crippen LogP contribution < -0.4 is 4.74 Å². The van der Waals surface area contributed by atoms with Gasteiger partial charge in [-0.15, -0.1) is 0 Å². The van der Waals surface area contributed by atoms with E-state index in [1.54, 1.807) is 0 Å². The predicted molar refractivity (Wildman–Crippen MR) is 42.3 cm³/mol. The summed E-state index contributed by atoms with van der Waals surface area (Å²) in [6.07, 6.45) is -6.67. The largest absolute Gasteiger partial charge is 0.478 e. The highest BCUT2D eigenvalue weighted by Gasteiger charge is 2.47. The quantitative estimate of drug-likeness (QED) is 0.839. The van der Waals surface area contributed by atoms with Crippen molar-refractivity contribution in [3.05, 3.63) is 24.4 Å². The number of hydrogen-bond donors (Lipinski definition) is 1. The van der Waals surface area contributed by atoms with Crippen molar-refractivity contribution in [1.82, 2.24) is 4.98 Å². The third kappa shape index (κ3) is 3.12. The van der Waals surface area contributed by atoms with Crippen LogP contribution in [0.5, 0.6) is 5.88 Å². The number of rotatable bonds is 3. The molecule has 1 N–H and O–H groups in total. The molecule has 7 heteroatoms. The van der Waals surface area contributed by atoms with E-state index < -0.39 is 18.2 Å². The second-order valence-corrected chi connectivity index (χ2v) is 2.55. The van der Waals surface area contributed by atoms with Gasteiger partial charge in [0.05, 0.1) is 0 Å². The molecule has 0 bridgehead atoms. The van der Waals surface area contributed by atoms with Crippen LogP contribution >= 0.6 is 0 Å². The molecule has 1 aromatic rings. The molecule has 1 unspecified atom stereocenters. The number of hydrogen-bond acceptors (Lipinski definition) is 3. The number of nitrogens with zero attached hydrogens (tertiary/aromatic N) is 1. The monoisotopic (exact) mass is 221 g/mol. The molecule has 0 saturated heterocycles. The van der Waals surface area contributed by atoms with Gasteiger partial charge in [0, 0.05) is 12.3 Å². The Balaban J connectivity index is 2.82. The van der Waals surface area contributed by atoms with E-state index in [9.17, 15) is 18.0 Å². The lowest BCUT2D eigenvalue weighted by Gasteiger charge is -2.16. The SMILES string of the molecule is O=C(O)C(Oc1ccccn1)C(F)(F)F. The summed E-state index contributed by atoms with van der Waals surface area (Å²) in [5.41, 5.74) is 0. The fraction of sp³-hybridized carbons (Fsp3) is 0.250. The first-order chi connectivity index (χ1) is 6.91. The van der Waals surface area contributed by atoms with Crippen molar-refractivity contribution in [2.24, 2.45) is 0 Å². The summed E-state index contributed by atoms with van der Waals surface area (Å²) in [5, 5.41) is 8.30. The molecule has 0 aliphatic rings. The van der Waals surface area contributed by atoms with E-state index in [0.29, 0.717) is 0 Å². The summed E-state index contributed by atoms with van der Waals surface area (Å²) in [4.78, 5) is 13.7. The van der Waals surface area contributed by atoms with E-state index in [2.05, 4.69) is 9.72 Å². The molecule has 0 amide bonds. The van der Waals surface area contributed by atoms with Crippen molar-refractivity contribution in [3.8, 4) is 5.88 Å². The van der Waals surface area contributed by atoms with Crippen LogP contribution in [0.25, 0.3) is 0 Å². The summed E-state index contributed by atoms with van der Waals surface area (Å²) in [6, 6.07) is 4.00. The van der Waals surface area contributed by atoms with Gasteiger partial charge in [0.2, 0.25) is 5.88 Å². The smallest absolute Gasteiger partial charge is 0.436 e. The van der Waals surface area contributed by atoms with E-state index in [1.807, 2.05) is 0 Å². The lowest BCUT2D eigenvalue weighted by Crippen LogP contribution is -2.41. The van der Waals surface area contributed by atoms with E-state index in [1.165, 1.54) is 18.3 Å². The van der Waals surface area contributed by atoms with Gasteiger partial charge in [0.25, 0.3) is 6.10 Å². The van der Waals surface area contributed by atoms with Gasteiger partial charge in [-0.1, -0.05) is 6.07 Å². The first kappa shape index (κ1) is 11.3. The van der Waals surface area contributed by atoms with Gasteiger partial charge in [-0.25, -0.2) is 9.78 Å². The number of pyridine rings is 1. The number of halogens is 3. The van der Waals surface area contributed by atoms with Crippen molar-refractivity contribution >= 4 is 5.97 Å². The first-order valence-corrected chi connectivity index (χ1v) is 3.78. The normalized spacial score (nSPS) is 13.3.